The first-order chi connectivity index (χ1) is 10.4. The number of hydrogen-bond acceptors (Lipinski definition) is 5. The second-order valence-electron chi connectivity index (χ2n) is 7.77. The van der Waals surface area contributed by atoms with Crippen molar-refractivity contribution in [2.45, 2.75) is 104 Å². The van der Waals surface area contributed by atoms with Crippen molar-refractivity contribution in [2.24, 2.45) is 0 Å². The van der Waals surface area contributed by atoms with E-state index in [0.29, 0.717) is 12.8 Å². The van der Waals surface area contributed by atoms with E-state index in [1.807, 2.05) is 34.6 Å². The summed E-state index contributed by atoms with van der Waals surface area (Å²) < 4.78 is 0. The summed E-state index contributed by atoms with van der Waals surface area (Å²) in [6.45, 7) is 14.7. The average molecular weight is 334 g/mol. The van der Waals surface area contributed by atoms with Gasteiger partial charge in [0.1, 0.15) is 6.10 Å². The first-order valence-corrected chi connectivity index (χ1v) is 8.32. The highest BCUT2D eigenvalue weighted by molar-refractivity contribution is 5.78. The van der Waals surface area contributed by atoms with Gasteiger partial charge >= 0.3 is 5.97 Å². The summed E-state index contributed by atoms with van der Waals surface area (Å²) in [6.07, 6.45) is 1.42. The molecule has 0 saturated carbocycles. The minimum atomic E-state index is -1.61. The minimum absolute atomic E-state index is 0.279. The van der Waals surface area contributed by atoms with E-state index in [4.69, 9.17) is 19.6 Å². The molecule has 0 fully saturated rings. The van der Waals surface area contributed by atoms with Crippen molar-refractivity contribution in [1.82, 2.24) is 0 Å². The normalized spacial score (nSPS) is 16.9. The Hall–Kier alpha value is -0.690. The lowest BCUT2D eigenvalue weighted by atomic mass is 9.89. The Morgan fingerprint density at radius 2 is 1.48 bits per heavy atom. The van der Waals surface area contributed by atoms with Crippen molar-refractivity contribution in [1.29, 1.82) is 0 Å². The van der Waals surface area contributed by atoms with Crippen LogP contribution >= 0.6 is 0 Å². The van der Waals surface area contributed by atoms with Crippen molar-refractivity contribution in [2.75, 3.05) is 0 Å². The summed E-state index contributed by atoms with van der Waals surface area (Å²) in [5, 5.41) is 9.84. The van der Waals surface area contributed by atoms with Gasteiger partial charge in [0.15, 0.2) is 0 Å². The van der Waals surface area contributed by atoms with Gasteiger partial charge in [-0.05, 0) is 60.8 Å². The lowest BCUT2D eigenvalue weighted by molar-refractivity contribution is -0.451. The van der Waals surface area contributed by atoms with Crippen LogP contribution in [0.5, 0.6) is 0 Å². The standard InChI is InChI=1S/C17H34O6/c1-9-11-12-17(14(18)19,23-22-16(6,7)8)13(10-2)20-21-15(3,4)5/h13H,9-12H2,1-8H3,(H,18,19). The fraction of sp³-hybridized carbons (Fsp3) is 0.941. The van der Waals surface area contributed by atoms with Gasteiger partial charge in [-0.15, -0.1) is 0 Å². The van der Waals surface area contributed by atoms with Crippen LogP contribution in [0.1, 0.15) is 81.1 Å². The van der Waals surface area contributed by atoms with E-state index in [2.05, 4.69) is 0 Å². The highest BCUT2D eigenvalue weighted by Gasteiger charge is 2.50. The second kappa shape index (κ2) is 8.97. The number of carboxylic acid groups (broad SMARTS) is 1. The Bertz CT molecular complexity index is 355. The summed E-state index contributed by atoms with van der Waals surface area (Å²) >= 11 is 0. The quantitative estimate of drug-likeness (QED) is 0.475. The largest absolute Gasteiger partial charge is 0.479 e. The smallest absolute Gasteiger partial charge is 0.342 e. The molecule has 0 aromatic heterocycles. The van der Waals surface area contributed by atoms with Gasteiger partial charge in [0, 0.05) is 0 Å². The minimum Gasteiger partial charge on any atom is -0.479 e. The van der Waals surface area contributed by atoms with E-state index in [0.717, 1.165) is 6.42 Å². The third kappa shape index (κ3) is 8.11. The Kier molecular flexibility index (Phi) is 8.70. The van der Waals surface area contributed by atoms with Crippen molar-refractivity contribution in [3.8, 4) is 0 Å². The molecule has 6 heteroatoms. The van der Waals surface area contributed by atoms with Gasteiger partial charge < -0.3 is 5.11 Å². The zero-order valence-corrected chi connectivity index (χ0v) is 15.9. The number of rotatable bonds is 10. The number of carbonyl (C=O) groups is 1. The number of unbranched alkanes of at least 4 members (excludes halogenated alkanes) is 1. The summed E-state index contributed by atoms with van der Waals surface area (Å²) in [7, 11) is 0. The van der Waals surface area contributed by atoms with Crippen LogP contribution in [0.25, 0.3) is 0 Å². The average Bonchev–Trinajstić information content (AvgIpc) is 2.38. The van der Waals surface area contributed by atoms with Crippen LogP contribution in [0.2, 0.25) is 0 Å². The Morgan fingerprint density at radius 1 is 0.957 bits per heavy atom. The second-order valence-corrected chi connectivity index (χ2v) is 7.77. The van der Waals surface area contributed by atoms with Crippen LogP contribution in [0.15, 0.2) is 0 Å². The molecule has 0 aliphatic carbocycles. The van der Waals surface area contributed by atoms with Gasteiger partial charge in [0.2, 0.25) is 5.60 Å². The maximum atomic E-state index is 12.0. The van der Waals surface area contributed by atoms with E-state index in [1.54, 1.807) is 20.8 Å². The van der Waals surface area contributed by atoms with Crippen LogP contribution in [-0.2, 0) is 24.3 Å². The summed E-state index contributed by atoms with van der Waals surface area (Å²) in [5.74, 6) is -1.11. The molecule has 1 N–H and O–H groups in total. The number of aliphatic carboxylic acids is 1. The van der Waals surface area contributed by atoms with E-state index < -0.39 is 28.9 Å². The van der Waals surface area contributed by atoms with Crippen LogP contribution < -0.4 is 0 Å². The van der Waals surface area contributed by atoms with E-state index in [1.165, 1.54) is 0 Å². The van der Waals surface area contributed by atoms with Crippen molar-refractivity contribution in [3.05, 3.63) is 0 Å². The van der Waals surface area contributed by atoms with Crippen molar-refractivity contribution in [3.63, 3.8) is 0 Å². The van der Waals surface area contributed by atoms with E-state index in [9.17, 15) is 9.90 Å². The monoisotopic (exact) mass is 334 g/mol. The molecule has 0 spiro atoms. The maximum Gasteiger partial charge on any atom is 0.342 e. The molecule has 0 heterocycles. The van der Waals surface area contributed by atoms with Crippen LogP contribution in [0, 0.1) is 0 Å². The molecular formula is C17H34O6. The van der Waals surface area contributed by atoms with Crippen LogP contribution in [-0.4, -0.2) is 34.0 Å². The van der Waals surface area contributed by atoms with Crippen molar-refractivity contribution >= 4 is 5.97 Å². The predicted molar refractivity (Wildman–Crippen MR) is 87.8 cm³/mol. The van der Waals surface area contributed by atoms with Gasteiger partial charge in [-0.2, -0.15) is 0 Å². The number of carboxylic acids is 1. The highest BCUT2D eigenvalue weighted by Crippen LogP contribution is 2.31. The maximum absolute atomic E-state index is 12.0. The third-order valence-electron chi connectivity index (χ3n) is 3.01. The zero-order chi connectivity index (χ0) is 18.3. The van der Waals surface area contributed by atoms with E-state index >= 15 is 0 Å². The van der Waals surface area contributed by atoms with Gasteiger partial charge in [0.05, 0.1) is 11.2 Å². The molecule has 0 radical (unpaired) electrons. The van der Waals surface area contributed by atoms with Gasteiger partial charge in [-0.25, -0.2) is 24.3 Å². The van der Waals surface area contributed by atoms with Crippen LogP contribution in [0.3, 0.4) is 0 Å². The number of hydrogen-bond donors (Lipinski definition) is 1. The molecule has 2 atom stereocenters. The van der Waals surface area contributed by atoms with Crippen LogP contribution in [0.4, 0.5) is 0 Å². The molecule has 0 bridgehead atoms. The molecule has 0 rings (SSSR count). The Morgan fingerprint density at radius 3 is 1.83 bits per heavy atom. The molecule has 138 valence electrons. The van der Waals surface area contributed by atoms with Crippen molar-refractivity contribution < 1.29 is 29.5 Å². The Labute approximate surface area is 140 Å². The zero-order valence-electron chi connectivity index (χ0n) is 15.9. The molecule has 0 aromatic carbocycles. The lowest BCUT2D eigenvalue weighted by Crippen LogP contribution is -2.54. The molecule has 0 aliphatic rings. The topological polar surface area (TPSA) is 74.2 Å². The molecule has 0 saturated heterocycles. The Balaban J connectivity index is 5.42. The summed E-state index contributed by atoms with van der Waals surface area (Å²) in [4.78, 5) is 33.7. The SMILES string of the molecule is CCCCC(OOC(C)(C)C)(C(=O)O)C(CC)OOC(C)(C)C. The van der Waals surface area contributed by atoms with Gasteiger partial charge in [0.25, 0.3) is 0 Å². The predicted octanol–water partition coefficient (Wildman–Crippen LogP) is 4.27. The van der Waals surface area contributed by atoms with Gasteiger partial charge in [-0.3, -0.25) is 0 Å². The third-order valence-corrected chi connectivity index (χ3v) is 3.01. The summed E-state index contributed by atoms with van der Waals surface area (Å²) in [5.41, 5.74) is -2.79. The fourth-order valence-electron chi connectivity index (χ4n) is 1.85. The lowest BCUT2D eigenvalue weighted by Gasteiger charge is -2.37. The molecule has 23 heavy (non-hydrogen) atoms. The molecule has 2 unspecified atom stereocenters. The highest BCUT2D eigenvalue weighted by atomic mass is 17.2. The van der Waals surface area contributed by atoms with Gasteiger partial charge in [-0.1, -0.05) is 20.3 Å². The fourth-order valence-corrected chi connectivity index (χ4v) is 1.85. The van der Waals surface area contributed by atoms with E-state index in [-0.39, 0.29) is 6.42 Å². The molecule has 6 nitrogen and oxygen atoms in total. The first kappa shape index (κ1) is 22.3. The molecule has 0 aromatic rings. The molecule has 0 aliphatic heterocycles. The molecular weight excluding hydrogens is 300 g/mol. The summed E-state index contributed by atoms with van der Waals surface area (Å²) in [6, 6.07) is 0. The molecule has 0 amide bonds. The first-order valence-electron chi connectivity index (χ1n) is 8.32.